The Morgan fingerprint density at radius 1 is 1.28 bits per heavy atom. The molecule has 2 aromatic carbocycles. The Bertz CT molecular complexity index is 967. The molecule has 0 aliphatic carbocycles. The second kappa shape index (κ2) is 6.65. The van der Waals surface area contributed by atoms with Crippen LogP contribution >= 0.6 is 23.4 Å². The summed E-state index contributed by atoms with van der Waals surface area (Å²) in [5, 5.41) is 1.91. The van der Waals surface area contributed by atoms with Gasteiger partial charge < -0.3 is 14.5 Å². The predicted octanol–water partition coefficient (Wildman–Crippen LogP) is 5.04. The van der Waals surface area contributed by atoms with Gasteiger partial charge in [0.1, 0.15) is 5.75 Å². The zero-order chi connectivity index (χ0) is 17.4. The highest BCUT2D eigenvalue weighted by atomic mass is 35.5. The van der Waals surface area contributed by atoms with Crippen molar-refractivity contribution in [2.45, 2.75) is 17.6 Å². The SMILES string of the molecule is CCOC(=O)COc1ccc2c(c1)SCc1c-2[nH]c2ccc(Cl)cc12. The molecule has 2 heterocycles. The number of nitrogens with one attached hydrogen (secondary N) is 1. The minimum absolute atomic E-state index is 0.0760. The summed E-state index contributed by atoms with van der Waals surface area (Å²) < 4.78 is 10.4. The fourth-order valence-corrected chi connectivity index (χ4v) is 4.31. The molecule has 4 rings (SSSR count). The van der Waals surface area contributed by atoms with Crippen LogP contribution in [0.15, 0.2) is 41.3 Å². The first-order valence-electron chi connectivity index (χ1n) is 8.01. The second-order valence-corrected chi connectivity index (χ2v) is 7.16. The third kappa shape index (κ3) is 3.10. The lowest BCUT2D eigenvalue weighted by atomic mass is 10.1. The van der Waals surface area contributed by atoms with Crippen molar-refractivity contribution in [3.8, 4) is 17.0 Å². The van der Waals surface area contributed by atoms with Crippen molar-refractivity contribution in [2.24, 2.45) is 0 Å². The number of carbonyl (C=O) groups excluding carboxylic acids is 1. The minimum atomic E-state index is -0.359. The van der Waals surface area contributed by atoms with E-state index in [0.717, 1.165) is 32.4 Å². The van der Waals surface area contributed by atoms with Crippen LogP contribution in [0, 0.1) is 0 Å². The van der Waals surface area contributed by atoms with E-state index in [0.29, 0.717) is 12.4 Å². The number of benzene rings is 2. The summed E-state index contributed by atoms with van der Waals surface area (Å²) in [5.41, 5.74) is 4.63. The topological polar surface area (TPSA) is 51.3 Å². The molecule has 0 saturated heterocycles. The molecule has 3 aromatic rings. The highest BCUT2D eigenvalue weighted by Crippen LogP contribution is 2.45. The molecule has 1 aliphatic rings. The predicted molar refractivity (Wildman–Crippen MR) is 100 cm³/mol. The number of fused-ring (bicyclic) bond motifs is 5. The van der Waals surface area contributed by atoms with E-state index in [1.807, 2.05) is 36.4 Å². The molecule has 0 atom stereocenters. The lowest BCUT2D eigenvalue weighted by molar-refractivity contribution is -0.145. The summed E-state index contributed by atoms with van der Waals surface area (Å²) in [6, 6.07) is 11.8. The molecule has 0 fully saturated rings. The van der Waals surface area contributed by atoms with Gasteiger partial charge in [-0.3, -0.25) is 0 Å². The highest BCUT2D eigenvalue weighted by Gasteiger charge is 2.22. The Hall–Kier alpha value is -2.11. The van der Waals surface area contributed by atoms with Gasteiger partial charge in [-0.05, 0) is 48.9 Å². The Labute approximate surface area is 154 Å². The summed E-state index contributed by atoms with van der Waals surface area (Å²) in [4.78, 5) is 16.1. The first-order valence-corrected chi connectivity index (χ1v) is 9.38. The largest absolute Gasteiger partial charge is 0.482 e. The van der Waals surface area contributed by atoms with Gasteiger partial charge in [0.2, 0.25) is 0 Å². The molecular formula is C19H16ClNO3S. The Morgan fingerprint density at radius 2 is 2.16 bits per heavy atom. The molecule has 0 radical (unpaired) electrons. The van der Waals surface area contributed by atoms with E-state index in [-0.39, 0.29) is 12.6 Å². The van der Waals surface area contributed by atoms with Crippen LogP contribution in [0.3, 0.4) is 0 Å². The zero-order valence-corrected chi connectivity index (χ0v) is 15.2. The molecule has 128 valence electrons. The molecule has 1 aromatic heterocycles. The van der Waals surface area contributed by atoms with Crippen LogP contribution in [0.5, 0.6) is 5.75 Å². The monoisotopic (exact) mass is 373 g/mol. The number of H-pyrrole nitrogens is 1. The summed E-state index contributed by atoms with van der Waals surface area (Å²) in [5.74, 6) is 1.17. The third-order valence-corrected chi connectivity index (χ3v) is 5.44. The van der Waals surface area contributed by atoms with Gasteiger partial charge in [0, 0.05) is 32.1 Å². The normalized spacial score (nSPS) is 12.6. The van der Waals surface area contributed by atoms with Crippen molar-refractivity contribution in [1.29, 1.82) is 0 Å². The molecule has 6 heteroatoms. The maximum absolute atomic E-state index is 11.4. The quantitative estimate of drug-likeness (QED) is 0.651. The molecule has 0 bridgehead atoms. The molecule has 25 heavy (non-hydrogen) atoms. The number of hydrogen-bond acceptors (Lipinski definition) is 4. The van der Waals surface area contributed by atoms with Gasteiger partial charge >= 0.3 is 5.97 Å². The molecular weight excluding hydrogens is 358 g/mol. The Morgan fingerprint density at radius 3 is 3.00 bits per heavy atom. The smallest absolute Gasteiger partial charge is 0.344 e. The van der Waals surface area contributed by atoms with E-state index < -0.39 is 0 Å². The van der Waals surface area contributed by atoms with Gasteiger partial charge in [-0.2, -0.15) is 0 Å². The van der Waals surface area contributed by atoms with E-state index in [9.17, 15) is 4.79 Å². The van der Waals surface area contributed by atoms with Crippen molar-refractivity contribution in [3.63, 3.8) is 0 Å². The van der Waals surface area contributed by atoms with Crippen molar-refractivity contribution in [1.82, 2.24) is 4.98 Å². The van der Waals surface area contributed by atoms with Gasteiger partial charge in [-0.15, -0.1) is 11.8 Å². The summed E-state index contributed by atoms with van der Waals surface area (Å²) in [6.45, 7) is 2.06. The number of hydrogen-bond donors (Lipinski definition) is 1. The van der Waals surface area contributed by atoms with E-state index in [4.69, 9.17) is 21.1 Å². The zero-order valence-electron chi connectivity index (χ0n) is 13.6. The number of ether oxygens (including phenoxy) is 2. The summed E-state index contributed by atoms with van der Waals surface area (Å²) in [7, 11) is 0. The second-order valence-electron chi connectivity index (χ2n) is 5.71. The van der Waals surface area contributed by atoms with Crippen LogP contribution in [0.1, 0.15) is 12.5 Å². The van der Waals surface area contributed by atoms with Crippen molar-refractivity contribution < 1.29 is 14.3 Å². The lowest BCUT2D eigenvalue weighted by Crippen LogP contribution is -2.14. The lowest BCUT2D eigenvalue weighted by Gasteiger charge is -2.17. The van der Waals surface area contributed by atoms with Gasteiger partial charge in [-0.25, -0.2) is 4.79 Å². The van der Waals surface area contributed by atoms with Gasteiger partial charge in [-0.1, -0.05) is 11.6 Å². The maximum atomic E-state index is 11.4. The fourth-order valence-electron chi connectivity index (χ4n) is 3.01. The number of aromatic amines is 1. The standard InChI is InChI=1S/C19H16ClNO3S/c1-2-23-18(22)9-24-12-4-5-13-17(8-12)25-10-15-14-7-11(20)3-6-16(14)21-19(13)15/h3-8,21H,2,9-10H2,1H3. The van der Waals surface area contributed by atoms with Crippen LogP contribution in [0.4, 0.5) is 0 Å². The number of halogens is 1. The molecule has 0 amide bonds. The first kappa shape index (κ1) is 16.4. The minimum Gasteiger partial charge on any atom is -0.482 e. The van der Waals surface area contributed by atoms with Gasteiger partial charge in [0.05, 0.1) is 12.3 Å². The van der Waals surface area contributed by atoms with Crippen molar-refractivity contribution >= 4 is 40.2 Å². The van der Waals surface area contributed by atoms with E-state index in [1.54, 1.807) is 18.7 Å². The third-order valence-electron chi connectivity index (χ3n) is 4.12. The first-order chi connectivity index (χ1) is 12.2. The average molecular weight is 374 g/mol. The molecule has 1 aliphatic heterocycles. The van der Waals surface area contributed by atoms with Crippen LogP contribution in [-0.2, 0) is 15.3 Å². The maximum Gasteiger partial charge on any atom is 0.344 e. The number of aromatic nitrogens is 1. The van der Waals surface area contributed by atoms with Crippen LogP contribution in [0.25, 0.3) is 22.2 Å². The summed E-state index contributed by atoms with van der Waals surface area (Å²) >= 11 is 7.90. The molecule has 0 unspecified atom stereocenters. The molecule has 1 N–H and O–H groups in total. The van der Waals surface area contributed by atoms with Gasteiger partial charge in [0.25, 0.3) is 0 Å². The van der Waals surface area contributed by atoms with E-state index in [2.05, 4.69) is 4.98 Å². The Balaban J connectivity index is 1.65. The number of thioether (sulfide) groups is 1. The van der Waals surface area contributed by atoms with Crippen LogP contribution in [-0.4, -0.2) is 24.2 Å². The van der Waals surface area contributed by atoms with Crippen molar-refractivity contribution in [3.05, 3.63) is 47.0 Å². The number of esters is 1. The number of carbonyl (C=O) groups is 1. The highest BCUT2D eigenvalue weighted by molar-refractivity contribution is 7.98. The molecule has 0 spiro atoms. The summed E-state index contributed by atoms with van der Waals surface area (Å²) in [6.07, 6.45) is 0. The Kier molecular flexibility index (Phi) is 4.36. The van der Waals surface area contributed by atoms with E-state index >= 15 is 0 Å². The van der Waals surface area contributed by atoms with E-state index in [1.165, 1.54) is 10.9 Å². The molecule has 4 nitrogen and oxygen atoms in total. The van der Waals surface area contributed by atoms with Gasteiger partial charge in [0.15, 0.2) is 6.61 Å². The average Bonchev–Trinajstić information content (AvgIpc) is 2.98. The number of rotatable bonds is 4. The molecule has 0 saturated carbocycles. The van der Waals surface area contributed by atoms with Crippen LogP contribution in [0.2, 0.25) is 5.02 Å². The fraction of sp³-hybridized carbons (Fsp3) is 0.211. The van der Waals surface area contributed by atoms with Crippen LogP contribution < -0.4 is 4.74 Å². The van der Waals surface area contributed by atoms with Crippen molar-refractivity contribution in [2.75, 3.05) is 13.2 Å².